The van der Waals surface area contributed by atoms with Crippen LogP contribution in [0.15, 0.2) is 41.3 Å². The Morgan fingerprint density at radius 1 is 1.14 bits per heavy atom. The molecule has 1 fully saturated rings. The SMILES string of the molecule is COc1ccc2c(c1)CCN(C(=O)[C@H]1C[C@@H](CC(=O)O)C1)C2C(=O)Nc1ccc(S(C)(C)C)c(F)c1. The van der Waals surface area contributed by atoms with Gasteiger partial charge in [0.25, 0.3) is 5.91 Å². The molecule has 7 nitrogen and oxygen atoms in total. The van der Waals surface area contributed by atoms with E-state index in [4.69, 9.17) is 9.84 Å². The molecule has 2 aromatic carbocycles. The van der Waals surface area contributed by atoms with Gasteiger partial charge in [0.1, 0.15) is 17.6 Å². The smallest absolute Gasteiger partial charge is 0.303 e. The van der Waals surface area contributed by atoms with Crippen molar-refractivity contribution in [2.75, 3.05) is 37.7 Å². The lowest BCUT2D eigenvalue weighted by Gasteiger charge is -2.42. The molecule has 36 heavy (non-hydrogen) atoms. The quantitative estimate of drug-likeness (QED) is 0.567. The lowest BCUT2D eigenvalue weighted by atomic mass is 9.72. The van der Waals surface area contributed by atoms with Crippen molar-refractivity contribution >= 4 is 33.5 Å². The third-order valence-corrected chi connectivity index (χ3v) is 8.67. The largest absolute Gasteiger partial charge is 0.497 e. The molecule has 0 spiro atoms. The first kappa shape index (κ1) is 26.0. The zero-order valence-corrected chi connectivity index (χ0v) is 21.9. The number of carbonyl (C=O) groups is 3. The number of hydrogen-bond acceptors (Lipinski definition) is 4. The summed E-state index contributed by atoms with van der Waals surface area (Å²) in [5.41, 5.74) is 1.97. The normalized spacial score (nSPS) is 21.7. The van der Waals surface area contributed by atoms with Gasteiger partial charge in [0.05, 0.1) is 7.11 Å². The number of fused-ring (bicyclic) bond motifs is 1. The highest BCUT2D eigenvalue weighted by Gasteiger charge is 2.43. The van der Waals surface area contributed by atoms with Crippen LogP contribution in [0.1, 0.15) is 36.4 Å². The van der Waals surface area contributed by atoms with Gasteiger partial charge in [0, 0.05) is 29.5 Å². The van der Waals surface area contributed by atoms with Crippen molar-refractivity contribution < 1.29 is 28.6 Å². The van der Waals surface area contributed by atoms with Crippen molar-refractivity contribution in [2.24, 2.45) is 11.8 Å². The number of nitrogens with one attached hydrogen (secondary N) is 1. The number of carboxylic acid groups (broad SMARTS) is 1. The number of halogens is 1. The second kappa shape index (κ2) is 10.1. The minimum atomic E-state index is -1.27. The highest BCUT2D eigenvalue weighted by Crippen LogP contribution is 2.47. The number of carbonyl (C=O) groups excluding carboxylic acids is 2. The zero-order valence-electron chi connectivity index (χ0n) is 21.0. The number of methoxy groups -OCH3 is 1. The summed E-state index contributed by atoms with van der Waals surface area (Å²) in [7, 11) is 0.302. The predicted octanol–water partition coefficient (Wildman–Crippen LogP) is 4.45. The summed E-state index contributed by atoms with van der Waals surface area (Å²) in [6.07, 6.45) is 7.64. The number of anilines is 1. The Morgan fingerprint density at radius 2 is 1.86 bits per heavy atom. The summed E-state index contributed by atoms with van der Waals surface area (Å²) in [5.74, 6) is -1.42. The van der Waals surface area contributed by atoms with Gasteiger partial charge in [-0.2, -0.15) is 0 Å². The van der Waals surface area contributed by atoms with E-state index in [0.29, 0.717) is 47.7 Å². The van der Waals surface area contributed by atoms with E-state index >= 15 is 0 Å². The van der Waals surface area contributed by atoms with Crippen molar-refractivity contribution in [1.82, 2.24) is 4.90 Å². The van der Waals surface area contributed by atoms with E-state index < -0.39 is 27.9 Å². The summed E-state index contributed by atoms with van der Waals surface area (Å²) in [6, 6.07) is 9.31. The molecule has 2 amide bonds. The Hall–Kier alpha value is -3.07. The molecule has 1 unspecified atom stereocenters. The van der Waals surface area contributed by atoms with Gasteiger partial charge in [-0.15, -0.1) is 0 Å². The van der Waals surface area contributed by atoms with Gasteiger partial charge >= 0.3 is 5.97 Å². The van der Waals surface area contributed by atoms with Crippen LogP contribution in [0.4, 0.5) is 10.1 Å². The Bertz CT molecular complexity index is 1190. The molecule has 0 radical (unpaired) electrons. The summed E-state index contributed by atoms with van der Waals surface area (Å²) >= 11 is 0. The first-order valence-electron chi connectivity index (χ1n) is 12.0. The number of rotatable bonds is 7. The van der Waals surface area contributed by atoms with Crippen LogP contribution >= 0.6 is 10.0 Å². The second-order valence-electron chi connectivity index (χ2n) is 10.4. The molecule has 194 valence electrons. The molecule has 2 aromatic rings. The molecular weight excluding hydrogens is 483 g/mol. The maximum atomic E-state index is 14.8. The lowest BCUT2D eigenvalue weighted by molar-refractivity contribution is -0.149. The molecule has 0 aromatic heterocycles. The molecule has 2 aliphatic rings. The van der Waals surface area contributed by atoms with Gasteiger partial charge < -0.3 is 20.1 Å². The Kier molecular flexibility index (Phi) is 7.31. The fraction of sp³-hybridized carbons (Fsp3) is 0.444. The van der Waals surface area contributed by atoms with E-state index in [-0.39, 0.29) is 30.0 Å². The van der Waals surface area contributed by atoms with E-state index in [1.807, 2.05) is 24.8 Å². The number of aliphatic carboxylic acids is 1. The Labute approximate surface area is 212 Å². The Morgan fingerprint density at radius 3 is 2.47 bits per heavy atom. The molecule has 9 heteroatoms. The zero-order chi connectivity index (χ0) is 26.2. The maximum absolute atomic E-state index is 14.8. The van der Waals surface area contributed by atoms with Crippen LogP contribution < -0.4 is 10.1 Å². The van der Waals surface area contributed by atoms with Crippen LogP contribution in [0.3, 0.4) is 0 Å². The second-order valence-corrected chi connectivity index (χ2v) is 14.5. The minimum Gasteiger partial charge on any atom is -0.497 e. The van der Waals surface area contributed by atoms with Crippen LogP contribution in [0, 0.1) is 17.7 Å². The summed E-state index contributed by atoms with van der Waals surface area (Å²) in [6.45, 7) is 0.359. The average molecular weight is 517 g/mol. The van der Waals surface area contributed by atoms with Crippen molar-refractivity contribution in [3.05, 3.63) is 53.3 Å². The summed E-state index contributed by atoms with van der Waals surface area (Å²) in [5, 5.41) is 11.8. The van der Waals surface area contributed by atoms with Crippen LogP contribution in [-0.4, -0.2) is 60.2 Å². The van der Waals surface area contributed by atoms with E-state index in [1.54, 1.807) is 36.3 Å². The molecular formula is C27H33FN2O5S. The van der Waals surface area contributed by atoms with E-state index in [2.05, 4.69) is 5.32 Å². The van der Waals surface area contributed by atoms with Crippen LogP contribution in [-0.2, 0) is 20.8 Å². The van der Waals surface area contributed by atoms with Gasteiger partial charge in [-0.05, 0) is 85.4 Å². The highest BCUT2D eigenvalue weighted by molar-refractivity contribution is 8.32. The van der Waals surface area contributed by atoms with Gasteiger partial charge in [-0.25, -0.2) is 14.4 Å². The molecule has 2 N–H and O–H groups in total. The fourth-order valence-corrected chi connectivity index (χ4v) is 6.24. The van der Waals surface area contributed by atoms with Crippen LogP contribution in [0.5, 0.6) is 5.75 Å². The van der Waals surface area contributed by atoms with Gasteiger partial charge in [0.2, 0.25) is 5.91 Å². The number of benzene rings is 2. The third-order valence-electron chi connectivity index (χ3n) is 7.02. The van der Waals surface area contributed by atoms with Crippen molar-refractivity contribution in [3.63, 3.8) is 0 Å². The number of carboxylic acids is 1. The lowest BCUT2D eigenvalue weighted by Crippen LogP contribution is -2.50. The number of hydrogen-bond donors (Lipinski definition) is 2. The highest BCUT2D eigenvalue weighted by atomic mass is 32.3. The summed E-state index contributed by atoms with van der Waals surface area (Å²) < 4.78 is 20.1. The Balaban J connectivity index is 1.60. The van der Waals surface area contributed by atoms with Crippen molar-refractivity contribution in [2.45, 2.75) is 36.6 Å². The van der Waals surface area contributed by atoms with Crippen LogP contribution in [0.2, 0.25) is 0 Å². The van der Waals surface area contributed by atoms with Gasteiger partial charge in [-0.3, -0.25) is 14.4 Å². The topological polar surface area (TPSA) is 95.9 Å². The van der Waals surface area contributed by atoms with Crippen molar-refractivity contribution in [3.8, 4) is 5.75 Å². The first-order chi connectivity index (χ1) is 17.0. The molecule has 1 aliphatic heterocycles. The third kappa shape index (κ3) is 5.36. The molecule has 1 aliphatic carbocycles. The van der Waals surface area contributed by atoms with E-state index in [9.17, 15) is 18.8 Å². The van der Waals surface area contributed by atoms with E-state index in [0.717, 1.165) is 5.56 Å². The number of nitrogens with zero attached hydrogens (tertiary/aromatic N) is 1. The summed E-state index contributed by atoms with van der Waals surface area (Å²) in [4.78, 5) is 40.3. The molecule has 1 atom stereocenters. The monoisotopic (exact) mass is 516 g/mol. The van der Waals surface area contributed by atoms with E-state index in [1.165, 1.54) is 6.07 Å². The molecule has 4 rings (SSSR count). The van der Waals surface area contributed by atoms with Crippen LogP contribution in [0.25, 0.3) is 0 Å². The standard InChI is InChI=1S/C27H33FN2O5S/c1-35-20-6-7-21-17(14-20)9-10-30(27(34)18-11-16(12-18)13-24(31)32)25(21)26(33)29-19-5-8-23(22(28)15-19)36(2,3)4/h5-8,14-16,18,25H,9-13H2,1-4H3,(H,29,33)(H,31,32)/t16-,18+,25?. The predicted molar refractivity (Wildman–Crippen MR) is 138 cm³/mol. The molecule has 0 saturated heterocycles. The van der Waals surface area contributed by atoms with Gasteiger partial charge in [0.15, 0.2) is 0 Å². The molecule has 1 heterocycles. The number of ether oxygens (including phenoxy) is 1. The van der Waals surface area contributed by atoms with Crippen molar-refractivity contribution in [1.29, 1.82) is 0 Å². The average Bonchev–Trinajstić information content (AvgIpc) is 2.78. The molecule has 0 bridgehead atoms. The first-order valence-corrected chi connectivity index (χ1v) is 14.8. The number of amides is 2. The van der Waals surface area contributed by atoms with Gasteiger partial charge in [-0.1, -0.05) is 6.07 Å². The molecule has 1 saturated carbocycles. The fourth-order valence-electron chi connectivity index (χ4n) is 5.12. The maximum Gasteiger partial charge on any atom is 0.303 e. The minimum absolute atomic E-state index is 0.0171.